The third kappa shape index (κ3) is 6.55. The number of carbonyl (C=O) groups is 1. The van der Waals surface area contributed by atoms with E-state index < -0.39 is 11.1 Å². The highest BCUT2D eigenvalue weighted by molar-refractivity contribution is 7.79. The van der Waals surface area contributed by atoms with Gasteiger partial charge in [-0.15, -0.1) is 0 Å². The first-order valence-corrected chi connectivity index (χ1v) is 12.6. The number of nitrogens with zero attached hydrogens (tertiary/aromatic N) is 3. The molecule has 1 aromatic heterocycles. The van der Waals surface area contributed by atoms with Crippen LogP contribution in [0.25, 0.3) is 0 Å². The molecule has 0 spiro atoms. The maximum atomic E-state index is 12.5. The highest BCUT2D eigenvalue weighted by Gasteiger charge is 2.24. The van der Waals surface area contributed by atoms with Gasteiger partial charge in [0.2, 0.25) is 5.95 Å². The minimum absolute atomic E-state index is 0.0217. The molecule has 1 aliphatic heterocycles. The van der Waals surface area contributed by atoms with Gasteiger partial charge in [-0.1, -0.05) is 24.3 Å². The van der Waals surface area contributed by atoms with Gasteiger partial charge in [0.05, 0.1) is 23.6 Å². The molecule has 2 atom stereocenters. The summed E-state index contributed by atoms with van der Waals surface area (Å²) in [7, 11) is 0. The van der Waals surface area contributed by atoms with Crippen LogP contribution < -0.4 is 19.7 Å². The van der Waals surface area contributed by atoms with E-state index in [0.717, 1.165) is 36.4 Å². The average Bonchev–Trinajstić information content (AvgIpc) is 2.89. The van der Waals surface area contributed by atoms with Gasteiger partial charge in [-0.2, -0.15) is 0 Å². The van der Waals surface area contributed by atoms with Crippen LogP contribution in [-0.4, -0.2) is 50.4 Å². The van der Waals surface area contributed by atoms with Crippen LogP contribution in [0.4, 0.5) is 5.95 Å². The van der Waals surface area contributed by atoms with Crippen molar-refractivity contribution in [1.29, 1.82) is 0 Å². The first-order valence-electron chi connectivity index (χ1n) is 11.5. The Labute approximate surface area is 206 Å². The molecule has 2 N–H and O–H groups in total. The lowest BCUT2D eigenvalue weighted by atomic mass is 10.1. The molecule has 35 heavy (non-hydrogen) atoms. The number of nitrogens with one attached hydrogen (secondary N) is 1. The zero-order chi connectivity index (χ0) is 24.6. The monoisotopic (exact) mass is 496 g/mol. The number of para-hydroxylation sites is 2. The maximum Gasteiger partial charge on any atom is 0.254 e. The van der Waals surface area contributed by atoms with Gasteiger partial charge in [0.15, 0.2) is 22.6 Å². The predicted molar refractivity (Wildman–Crippen MR) is 132 cm³/mol. The van der Waals surface area contributed by atoms with E-state index in [0.29, 0.717) is 29.6 Å². The summed E-state index contributed by atoms with van der Waals surface area (Å²) in [6.45, 7) is 4.25. The van der Waals surface area contributed by atoms with Crippen molar-refractivity contribution in [3.63, 3.8) is 0 Å². The Morgan fingerprint density at radius 3 is 2.54 bits per heavy atom. The highest BCUT2D eigenvalue weighted by Crippen LogP contribution is 2.29. The molecule has 3 aromatic rings. The van der Waals surface area contributed by atoms with Gasteiger partial charge in [0.1, 0.15) is 6.10 Å². The van der Waals surface area contributed by atoms with Crippen LogP contribution >= 0.6 is 0 Å². The molecule has 0 aliphatic carbocycles. The van der Waals surface area contributed by atoms with Gasteiger partial charge in [-0.25, -0.2) is 14.2 Å². The van der Waals surface area contributed by atoms with E-state index >= 15 is 0 Å². The van der Waals surface area contributed by atoms with Gasteiger partial charge in [-0.3, -0.25) is 4.79 Å². The molecular weight excluding hydrogens is 468 g/mol. The van der Waals surface area contributed by atoms with Crippen LogP contribution in [0.1, 0.15) is 35.7 Å². The van der Waals surface area contributed by atoms with Crippen LogP contribution in [0.15, 0.2) is 65.8 Å². The summed E-state index contributed by atoms with van der Waals surface area (Å²) in [6.07, 6.45) is 4.88. The molecule has 1 aliphatic rings. The topological polar surface area (TPSA) is 114 Å². The fourth-order valence-electron chi connectivity index (χ4n) is 3.83. The predicted octanol–water partition coefficient (Wildman–Crippen LogP) is 3.43. The van der Waals surface area contributed by atoms with Gasteiger partial charge < -0.3 is 24.2 Å². The summed E-state index contributed by atoms with van der Waals surface area (Å²) in [5, 5.41) is 2.81. The summed E-state index contributed by atoms with van der Waals surface area (Å²) in [4.78, 5) is 23.7. The lowest BCUT2D eigenvalue weighted by Crippen LogP contribution is -2.42. The molecule has 0 saturated carbocycles. The number of piperidine rings is 1. The van der Waals surface area contributed by atoms with Crippen molar-refractivity contribution < 1.29 is 23.0 Å². The molecule has 184 valence electrons. The van der Waals surface area contributed by atoms with E-state index in [-0.39, 0.29) is 18.6 Å². The molecule has 1 saturated heterocycles. The molecule has 2 heterocycles. The van der Waals surface area contributed by atoms with E-state index in [1.165, 1.54) is 12.4 Å². The van der Waals surface area contributed by atoms with Gasteiger partial charge in [0, 0.05) is 25.5 Å². The van der Waals surface area contributed by atoms with Crippen molar-refractivity contribution in [1.82, 2.24) is 15.3 Å². The van der Waals surface area contributed by atoms with E-state index in [1.54, 1.807) is 24.3 Å². The van der Waals surface area contributed by atoms with Crippen LogP contribution in [0.5, 0.6) is 11.5 Å². The quantitative estimate of drug-likeness (QED) is 0.433. The number of hydrogen-bond donors (Lipinski definition) is 2. The molecule has 4 rings (SSSR count). The van der Waals surface area contributed by atoms with Crippen LogP contribution in [0.3, 0.4) is 0 Å². The van der Waals surface area contributed by atoms with E-state index in [2.05, 4.69) is 20.2 Å². The Kier molecular flexibility index (Phi) is 8.27. The second kappa shape index (κ2) is 11.8. The van der Waals surface area contributed by atoms with Crippen molar-refractivity contribution in [2.75, 3.05) is 24.6 Å². The van der Waals surface area contributed by atoms with E-state index in [1.807, 2.05) is 31.2 Å². The Morgan fingerprint density at radius 1 is 1.14 bits per heavy atom. The third-order valence-corrected chi connectivity index (χ3v) is 6.26. The normalized spacial score (nSPS) is 16.4. The Balaban J connectivity index is 1.33. The molecule has 10 heteroatoms. The number of benzene rings is 2. The first-order chi connectivity index (χ1) is 17.0. The number of amides is 1. The lowest BCUT2D eigenvalue weighted by molar-refractivity contribution is 0.0950. The highest BCUT2D eigenvalue weighted by atomic mass is 32.2. The fraction of sp³-hybridized carbons (Fsp3) is 0.320. The minimum atomic E-state index is -2.02. The van der Waals surface area contributed by atoms with Crippen LogP contribution in [0.2, 0.25) is 0 Å². The second-order valence-corrected chi connectivity index (χ2v) is 9.03. The Morgan fingerprint density at radius 2 is 1.86 bits per heavy atom. The Bertz CT molecular complexity index is 1160. The van der Waals surface area contributed by atoms with E-state index in [4.69, 9.17) is 14.0 Å². The SMILES string of the molecule is CCOc1ccccc1O[C@@H]1CCCN(c2ncc(C(=O)NCc3ccc(S(=O)O)cc3)cn2)C1. The Hall–Kier alpha value is -3.50. The second-order valence-electron chi connectivity index (χ2n) is 8.06. The summed E-state index contributed by atoms with van der Waals surface area (Å²) < 4.78 is 32.0. The molecule has 2 aromatic carbocycles. The zero-order valence-corrected chi connectivity index (χ0v) is 20.2. The number of carbonyl (C=O) groups excluding carboxylic acids is 1. The first kappa shape index (κ1) is 24.6. The van der Waals surface area contributed by atoms with Crippen molar-refractivity contribution in [3.05, 3.63) is 72.1 Å². The summed E-state index contributed by atoms with van der Waals surface area (Å²) in [5.74, 6) is 1.73. The molecule has 9 nitrogen and oxygen atoms in total. The lowest BCUT2D eigenvalue weighted by Gasteiger charge is -2.33. The number of rotatable bonds is 9. The number of ether oxygens (including phenoxy) is 2. The fourth-order valence-corrected chi connectivity index (χ4v) is 4.20. The molecule has 0 bridgehead atoms. The maximum absolute atomic E-state index is 12.5. The van der Waals surface area contributed by atoms with Crippen LogP contribution in [0, 0.1) is 0 Å². The van der Waals surface area contributed by atoms with Crippen molar-refractivity contribution in [2.24, 2.45) is 0 Å². The van der Waals surface area contributed by atoms with Crippen molar-refractivity contribution in [3.8, 4) is 11.5 Å². The number of hydrogen-bond acceptors (Lipinski definition) is 7. The summed E-state index contributed by atoms with van der Waals surface area (Å²) >= 11 is -2.02. The smallest absolute Gasteiger partial charge is 0.254 e. The molecular formula is C25H28N4O5S. The van der Waals surface area contributed by atoms with Crippen molar-refractivity contribution in [2.45, 2.75) is 37.3 Å². The molecule has 0 radical (unpaired) electrons. The summed E-state index contributed by atoms with van der Waals surface area (Å²) in [5.41, 5.74) is 1.17. The largest absolute Gasteiger partial charge is 0.490 e. The number of aromatic nitrogens is 2. The standard InChI is InChI=1S/C25H28N4O5S/c1-2-33-22-7-3-4-8-23(22)34-20-6-5-13-29(17-20)25-27-15-19(16-28-25)24(30)26-14-18-9-11-21(12-10-18)35(31)32/h3-4,7-12,15-16,20H,2,5-6,13-14,17H2,1H3,(H,26,30)(H,31,32)/t20-/m1/s1. The zero-order valence-electron chi connectivity index (χ0n) is 19.4. The van der Waals surface area contributed by atoms with Crippen molar-refractivity contribution >= 4 is 22.9 Å². The molecule has 1 unspecified atom stereocenters. The van der Waals surface area contributed by atoms with E-state index in [9.17, 15) is 9.00 Å². The van der Waals surface area contributed by atoms with Gasteiger partial charge >= 0.3 is 0 Å². The molecule has 1 amide bonds. The minimum Gasteiger partial charge on any atom is -0.490 e. The van der Waals surface area contributed by atoms with Crippen LogP contribution in [-0.2, 0) is 17.6 Å². The summed E-state index contributed by atoms with van der Waals surface area (Å²) in [6, 6.07) is 14.2. The van der Waals surface area contributed by atoms with Gasteiger partial charge in [-0.05, 0) is 49.6 Å². The van der Waals surface area contributed by atoms with Gasteiger partial charge in [0.25, 0.3) is 5.91 Å². The third-order valence-electron chi connectivity index (χ3n) is 5.58. The molecule has 1 fully saturated rings. The number of anilines is 1. The average molecular weight is 497 g/mol.